The van der Waals surface area contributed by atoms with Gasteiger partial charge in [-0.1, -0.05) is 48.5 Å². The predicted molar refractivity (Wildman–Crippen MR) is 302 cm³/mol. The molecule has 494 valence electrons. The molecular weight excluding hydrogens is 1240 g/mol. The highest BCUT2D eigenvalue weighted by Crippen LogP contribution is 2.27. The summed E-state index contributed by atoms with van der Waals surface area (Å²) < 4.78 is 152. The van der Waals surface area contributed by atoms with E-state index >= 15 is 0 Å². The Morgan fingerprint density at radius 2 is 0.456 bits per heavy atom. The second-order valence-electron chi connectivity index (χ2n) is 17.6. The van der Waals surface area contributed by atoms with E-state index in [9.17, 15) is 52.7 Å². The Kier molecular flexibility index (Phi) is 32.6. The highest BCUT2D eigenvalue weighted by molar-refractivity contribution is 5.77. The standard InChI is InChI=1S/C46H58N12O4.4C2HF3O2/c47-43(48)55-21-17-31-1-9-39(10-2-31)59-27-35-25-37(29-61-41-13-5-33(6-14-41)19-23-57-45(51)52)38(30-62-42-15-7-34(8-16-42)20-24-58-46(53)54)26-36(35)28-60-40-11-3-32(4-12-40)18-22-56-44(49)50;4*3-2(4,5)1(6)7/h1-16,25-26H,17-24,27-30H2,(H4,47,48,55)(H4,49,50,56)(H4,51,52,57)(H4,53,54,58);4*(H,6,7). The highest BCUT2D eigenvalue weighted by atomic mass is 19.4. The number of rotatable bonds is 24. The molecule has 0 saturated carbocycles. The van der Waals surface area contributed by atoms with E-state index in [0.717, 1.165) is 44.5 Å². The van der Waals surface area contributed by atoms with Gasteiger partial charge in [0.05, 0.1) is 0 Å². The quantitative estimate of drug-likeness (QED) is 0.0197. The Morgan fingerprint density at radius 3 is 0.578 bits per heavy atom. The fourth-order valence-electron chi connectivity index (χ4n) is 6.24. The van der Waals surface area contributed by atoms with Crippen molar-refractivity contribution >= 4 is 47.7 Å². The van der Waals surface area contributed by atoms with E-state index in [1.54, 1.807) is 0 Å². The molecule has 0 aliphatic heterocycles. The number of alkyl halides is 12. The van der Waals surface area contributed by atoms with E-state index < -0.39 is 48.6 Å². The maximum atomic E-state index is 10.6. The molecule has 36 heteroatoms. The van der Waals surface area contributed by atoms with Crippen molar-refractivity contribution in [1.29, 1.82) is 0 Å². The average Bonchev–Trinajstić information content (AvgIpc) is 2.54. The molecule has 0 aromatic heterocycles. The van der Waals surface area contributed by atoms with Gasteiger partial charge in [0.15, 0.2) is 23.8 Å². The third-order valence-corrected chi connectivity index (χ3v) is 10.5. The summed E-state index contributed by atoms with van der Waals surface area (Å²) in [4.78, 5) is 51.9. The third-order valence-electron chi connectivity index (χ3n) is 10.5. The first-order valence-corrected chi connectivity index (χ1v) is 25.2. The highest BCUT2D eigenvalue weighted by Gasteiger charge is 2.40. The molecule has 0 aliphatic rings. The maximum Gasteiger partial charge on any atom is 0.490 e. The van der Waals surface area contributed by atoms with Gasteiger partial charge in [0, 0.05) is 26.2 Å². The van der Waals surface area contributed by atoms with Crippen LogP contribution in [0.5, 0.6) is 23.0 Å². The number of nitrogens with zero attached hydrogens (tertiary/aromatic N) is 4. The monoisotopic (exact) mass is 1300 g/mol. The summed E-state index contributed by atoms with van der Waals surface area (Å²) in [5.74, 6) is -7.88. The first kappa shape index (κ1) is 77.4. The molecule has 24 nitrogen and oxygen atoms in total. The first-order valence-electron chi connectivity index (χ1n) is 25.2. The number of carboxylic acid groups (broad SMARTS) is 4. The van der Waals surface area contributed by atoms with Crippen molar-refractivity contribution in [1.82, 2.24) is 0 Å². The minimum absolute atomic E-state index is 0.0727. The van der Waals surface area contributed by atoms with Crippen molar-refractivity contribution < 1.29 is 111 Å². The molecule has 20 N–H and O–H groups in total. The normalized spacial score (nSPS) is 10.8. The van der Waals surface area contributed by atoms with E-state index in [-0.39, 0.29) is 50.3 Å². The molecule has 0 radical (unpaired) electrons. The van der Waals surface area contributed by atoms with E-state index in [1.165, 1.54) is 0 Å². The fourth-order valence-corrected chi connectivity index (χ4v) is 6.24. The van der Waals surface area contributed by atoms with E-state index in [1.807, 2.05) is 97.1 Å². The van der Waals surface area contributed by atoms with Crippen LogP contribution in [0.2, 0.25) is 0 Å². The van der Waals surface area contributed by atoms with Gasteiger partial charge in [-0.2, -0.15) is 52.7 Å². The van der Waals surface area contributed by atoms with Crippen LogP contribution < -0.4 is 64.8 Å². The molecule has 5 aromatic carbocycles. The molecule has 5 aromatic rings. The lowest BCUT2D eigenvalue weighted by Crippen LogP contribution is -2.23. The van der Waals surface area contributed by atoms with Crippen LogP contribution in [0.4, 0.5) is 52.7 Å². The molecule has 0 unspecified atom stereocenters. The SMILES string of the molecule is NC(N)=NCCc1ccc(OCc2cc(COc3ccc(CCN=C(N)N)cc3)c(COc3ccc(CCN=C(N)N)cc3)cc2COc2ccc(CCN=C(N)N)cc2)cc1.O=C(O)C(F)(F)F.O=C(O)C(F)(F)F.O=C(O)C(F)(F)F.O=C(O)C(F)(F)F. The lowest BCUT2D eigenvalue weighted by atomic mass is 9.99. The van der Waals surface area contributed by atoms with Gasteiger partial charge in [-0.05, 0) is 131 Å². The number of aliphatic carboxylic acids is 4. The molecule has 0 bridgehead atoms. The maximum absolute atomic E-state index is 10.6. The van der Waals surface area contributed by atoms with Crippen LogP contribution >= 0.6 is 0 Å². The topological polar surface area (TPSA) is 444 Å². The van der Waals surface area contributed by atoms with Gasteiger partial charge in [0.2, 0.25) is 0 Å². The van der Waals surface area contributed by atoms with Crippen molar-refractivity contribution in [2.24, 2.45) is 65.8 Å². The molecule has 0 amide bonds. The summed E-state index contributed by atoms with van der Waals surface area (Å²) in [6.07, 6.45) is -17.5. The van der Waals surface area contributed by atoms with Gasteiger partial charge in [0.25, 0.3) is 0 Å². The first-order chi connectivity index (χ1) is 41.8. The molecule has 0 aliphatic carbocycles. The number of halogens is 12. The Bertz CT molecular complexity index is 2730. The summed E-state index contributed by atoms with van der Waals surface area (Å²) in [7, 11) is 0. The second-order valence-corrected chi connectivity index (χ2v) is 17.6. The number of ether oxygens (including phenoxy) is 4. The number of benzene rings is 5. The average molecular weight is 1300 g/mol. The number of hydrogen-bond donors (Lipinski definition) is 12. The number of guanidine groups is 4. The van der Waals surface area contributed by atoms with Crippen LogP contribution in [0.1, 0.15) is 44.5 Å². The van der Waals surface area contributed by atoms with Crippen molar-refractivity contribution in [2.45, 2.75) is 76.8 Å². The van der Waals surface area contributed by atoms with Gasteiger partial charge < -0.3 is 85.2 Å². The summed E-state index contributed by atoms with van der Waals surface area (Å²) in [6.45, 7) is 3.11. The molecule has 0 saturated heterocycles. The molecule has 0 heterocycles. The van der Waals surface area contributed by atoms with Crippen LogP contribution in [0.3, 0.4) is 0 Å². The molecule has 0 atom stereocenters. The smallest absolute Gasteiger partial charge is 0.489 e. The Balaban J connectivity index is 0.00000119. The largest absolute Gasteiger partial charge is 0.490 e. The number of carboxylic acids is 4. The van der Waals surface area contributed by atoms with Crippen LogP contribution in [-0.2, 0) is 71.3 Å². The van der Waals surface area contributed by atoms with Crippen LogP contribution in [0.15, 0.2) is 129 Å². The Morgan fingerprint density at radius 1 is 0.311 bits per heavy atom. The van der Waals surface area contributed by atoms with Gasteiger partial charge >= 0.3 is 48.6 Å². The summed E-state index contributed by atoms with van der Waals surface area (Å²) >= 11 is 0. The Labute approximate surface area is 503 Å². The van der Waals surface area contributed by atoms with E-state index in [0.29, 0.717) is 74.9 Å². The number of hydrogen-bond acceptors (Lipinski definition) is 12. The molecule has 90 heavy (non-hydrogen) atoms. The Hall–Kier alpha value is -10.6. The van der Waals surface area contributed by atoms with E-state index in [2.05, 4.69) is 32.1 Å². The zero-order valence-electron chi connectivity index (χ0n) is 46.9. The van der Waals surface area contributed by atoms with Crippen molar-refractivity contribution in [2.75, 3.05) is 26.2 Å². The minimum Gasteiger partial charge on any atom is -0.489 e. The van der Waals surface area contributed by atoms with Crippen LogP contribution in [-0.4, -0.2) is 119 Å². The second kappa shape index (κ2) is 37.9. The van der Waals surface area contributed by atoms with Crippen molar-refractivity contribution in [3.05, 3.63) is 154 Å². The predicted octanol–water partition coefficient (Wildman–Crippen LogP) is 5.80. The number of carbonyl (C=O) groups is 4. The van der Waals surface area contributed by atoms with Gasteiger partial charge in [-0.3, -0.25) is 20.0 Å². The molecular formula is C54H62F12N12O12. The molecule has 0 spiro atoms. The van der Waals surface area contributed by atoms with Crippen molar-refractivity contribution in [3.63, 3.8) is 0 Å². The number of aliphatic imine (C=N–C) groups is 4. The summed E-state index contributed by atoms with van der Waals surface area (Å²) in [6, 6.07) is 35.8. The zero-order chi connectivity index (χ0) is 68.4. The summed E-state index contributed by atoms with van der Waals surface area (Å²) in [5, 5.41) is 28.5. The van der Waals surface area contributed by atoms with Gasteiger partial charge in [-0.25, -0.2) is 19.2 Å². The summed E-state index contributed by atoms with van der Waals surface area (Å²) in [5.41, 5.74) is 52.0. The van der Waals surface area contributed by atoms with Crippen LogP contribution in [0, 0.1) is 0 Å². The molecule has 5 rings (SSSR count). The van der Waals surface area contributed by atoms with E-state index in [4.69, 9.17) is 104 Å². The zero-order valence-corrected chi connectivity index (χ0v) is 46.9. The minimum atomic E-state index is -5.08. The lowest BCUT2D eigenvalue weighted by molar-refractivity contribution is -0.193. The fraction of sp³-hybridized carbons (Fsp3) is 0.296. The molecule has 0 fully saturated rings. The van der Waals surface area contributed by atoms with Gasteiger partial charge in [0.1, 0.15) is 49.4 Å². The van der Waals surface area contributed by atoms with Crippen molar-refractivity contribution in [3.8, 4) is 23.0 Å². The number of nitrogens with two attached hydrogens (primary N) is 8. The third kappa shape index (κ3) is 35.1. The lowest BCUT2D eigenvalue weighted by Gasteiger charge is -2.19. The van der Waals surface area contributed by atoms with Crippen LogP contribution in [0.25, 0.3) is 0 Å². The van der Waals surface area contributed by atoms with Gasteiger partial charge in [-0.15, -0.1) is 0 Å².